The number of rotatable bonds is 5. The lowest BCUT2D eigenvalue weighted by molar-refractivity contribution is -0.125. The first-order valence-electron chi connectivity index (χ1n) is 4.63. The van der Waals surface area contributed by atoms with Crippen molar-refractivity contribution in [2.75, 3.05) is 6.54 Å². The highest BCUT2D eigenvalue weighted by Gasteiger charge is 2.39. The zero-order valence-electron chi connectivity index (χ0n) is 8.49. The monoisotopic (exact) mass is 333 g/mol. The van der Waals surface area contributed by atoms with Crippen LogP contribution in [0.2, 0.25) is 5.02 Å². The third kappa shape index (κ3) is 4.44. The predicted molar refractivity (Wildman–Crippen MR) is 61.8 cm³/mol. The summed E-state index contributed by atoms with van der Waals surface area (Å²) in [4.78, 5) is 0. The summed E-state index contributed by atoms with van der Waals surface area (Å²) >= 11 is 9.03. The van der Waals surface area contributed by atoms with E-state index < -0.39 is 18.9 Å². The van der Waals surface area contributed by atoms with Gasteiger partial charge in [-0.1, -0.05) is 33.6 Å². The Labute approximate surface area is 109 Å². The molecule has 0 unspecified atom stereocenters. The number of alkyl halides is 4. The van der Waals surface area contributed by atoms with E-state index in [2.05, 4.69) is 21.2 Å². The molecule has 1 aromatic carbocycles. The third-order valence-corrected chi connectivity index (χ3v) is 2.86. The maximum Gasteiger partial charge on any atom is 0.319 e. The molecule has 1 N–H and O–H groups in total. The van der Waals surface area contributed by atoms with E-state index in [4.69, 9.17) is 11.6 Å². The van der Waals surface area contributed by atoms with Gasteiger partial charge in [0.1, 0.15) is 0 Å². The van der Waals surface area contributed by atoms with E-state index in [9.17, 15) is 17.6 Å². The summed E-state index contributed by atoms with van der Waals surface area (Å²) in [5.41, 5.74) is 0.569. The van der Waals surface area contributed by atoms with Crippen molar-refractivity contribution in [2.45, 2.75) is 18.9 Å². The zero-order chi connectivity index (χ0) is 13.1. The van der Waals surface area contributed by atoms with Crippen LogP contribution in [0.4, 0.5) is 17.6 Å². The van der Waals surface area contributed by atoms with E-state index in [1.165, 1.54) is 0 Å². The molecule has 0 saturated heterocycles. The van der Waals surface area contributed by atoms with Crippen molar-refractivity contribution in [3.63, 3.8) is 0 Å². The van der Waals surface area contributed by atoms with Gasteiger partial charge in [0, 0.05) is 16.0 Å². The van der Waals surface area contributed by atoms with Crippen LogP contribution >= 0.6 is 27.5 Å². The van der Waals surface area contributed by atoms with Crippen molar-refractivity contribution in [1.82, 2.24) is 5.32 Å². The van der Waals surface area contributed by atoms with Crippen molar-refractivity contribution in [3.8, 4) is 0 Å². The van der Waals surface area contributed by atoms with Crippen LogP contribution in [-0.2, 0) is 6.54 Å². The SMILES string of the molecule is FC(F)C(F)(F)CNCc1ccc(Br)cc1Cl. The normalized spacial score (nSPS) is 12.2. The molecule has 0 fully saturated rings. The molecule has 0 atom stereocenters. The summed E-state index contributed by atoms with van der Waals surface area (Å²) in [6.45, 7) is -1.08. The molecule has 17 heavy (non-hydrogen) atoms. The Morgan fingerprint density at radius 2 is 2.00 bits per heavy atom. The smallest absolute Gasteiger partial charge is 0.307 e. The summed E-state index contributed by atoms with van der Waals surface area (Å²) in [6, 6.07) is 4.91. The molecule has 1 nitrogen and oxygen atoms in total. The third-order valence-electron chi connectivity index (χ3n) is 2.01. The van der Waals surface area contributed by atoms with E-state index >= 15 is 0 Å². The van der Waals surface area contributed by atoms with Gasteiger partial charge in [0.2, 0.25) is 0 Å². The van der Waals surface area contributed by atoms with Crippen LogP contribution in [0.3, 0.4) is 0 Å². The number of benzene rings is 1. The summed E-state index contributed by atoms with van der Waals surface area (Å²) in [6.07, 6.45) is -3.67. The lowest BCUT2D eigenvalue weighted by atomic mass is 10.2. The maximum atomic E-state index is 12.6. The molecule has 0 aromatic heterocycles. The average molecular weight is 335 g/mol. The van der Waals surface area contributed by atoms with Gasteiger partial charge >= 0.3 is 12.3 Å². The first-order chi connectivity index (χ1) is 7.83. The number of nitrogens with one attached hydrogen (secondary N) is 1. The van der Waals surface area contributed by atoms with Crippen molar-refractivity contribution < 1.29 is 17.6 Å². The van der Waals surface area contributed by atoms with Crippen LogP contribution in [0, 0.1) is 0 Å². The quantitative estimate of drug-likeness (QED) is 0.800. The van der Waals surface area contributed by atoms with Gasteiger partial charge in [-0.05, 0) is 17.7 Å². The first-order valence-corrected chi connectivity index (χ1v) is 5.80. The van der Waals surface area contributed by atoms with Crippen molar-refractivity contribution in [1.29, 1.82) is 0 Å². The Bertz CT molecular complexity index is 387. The second-order valence-corrected chi connectivity index (χ2v) is 4.72. The number of hydrogen-bond donors (Lipinski definition) is 1. The Balaban J connectivity index is 2.51. The van der Waals surface area contributed by atoms with Crippen LogP contribution in [0.5, 0.6) is 0 Å². The van der Waals surface area contributed by atoms with Crippen LogP contribution in [0.15, 0.2) is 22.7 Å². The summed E-state index contributed by atoms with van der Waals surface area (Å²) in [5, 5.41) is 2.64. The summed E-state index contributed by atoms with van der Waals surface area (Å²) in [7, 11) is 0. The van der Waals surface area contributed by atoms with Crippen LogP contribution in [0.1, 0.15) is 5.56 Å². The molecule has 0 radical (unpaired) electrons. The topological polar surface area (TPSA) is 12.0 Å². The first kappa shape index (κ1) is 14.7. The van der Waals surface area contributed by atoms with Gasteiger partial charge in [0.05, 0.1) is 6.54 Å². The van der Waals surface area contributed by atoms with E-state index in [0.717, 1.165) is 4.47 Å². The van der Waals surface area contributed by atoms with Gasteiger partial charge in [-0.15, -0.1) is 0 Å². The highest BCUT2D eigenvalue weighted by atomic mass is 79.9. The lowest BCUT2D eigenvalue weighted by Gasteiger charge is -2.16. The molecule has 96 valence electrons. The van der Waals surface area contributed by atoms with Crippen molar-refractivity contribution in [2.24, 2.45) is 0 Å². The van der Waals surface area contributed by atoms with Crippen LogP contribution in [0.25, 0.3) is 0 Å². The second-order valence-electron chi connectivity index (χ2n) is 3.40. The minimum absolute atomic E-state index is 0.00836. The van der Waals surface area contributed by atoms with Gasteiger partial charge in [-0.25, -0.2) is 8.78 Å². The molecule has 1 rings (SSSR count). The Kier molecular flexibility index (Phi) is 5.22. The zero-order valence-corrected chi connectivity index (χ0v) is 10.8. The van der Waals surface area contributed by atoms with E-state index in [0.29, 0.717) is 10.6 Å². The molecular weight excluding hydrogens is 325 g/mol. The van der Waals surface area contributed by atoms with Gasteiger partial charge in [-0.3, -0.25) is 0 Å². The minimum Gasteiger partial charge on any atom is -0.307 e. The molecule has 0 aliphatic heterocycles. The fraction of sp³-hybridized carbons (Fsp3) is 0.400. The molecule has 7 heteroatoms. The van der Waals surface area contributed by atoms with Gasteiger partial charge in [-0.2, -0.15) is 8.78 Å². The maximum absolute atomic E-state index is 12.6. The van der Waals surface area contributed by atoms with Gasteiger partial charge in [0.15, 0.2) is 0 Å². The fourth-order valence-corrected chi connectivity index (χ4v) is 1.85. The Hall–Kier alpha value is -0.330. The molecule has 0 amide bonds. The molecule has 0 aliphatic carbocycles. The molecule has 0 bridgehead atoms. The largest absolute Gasteiger partial charge is 0.319 e. The fourth-order valence-electron chi connectivity index (χ4n) is 1.11. The van der Waals surface area contributed by atoms with Crippen molar-refractivity contribution >= 4 is 27.5 Å². The minimum atomic E-state index is -4.03. The summed E-state index contributed by atoms with van der Waals surface area (Å²) in [5.74, 6) is -4.03. The van der Waals surface area contributed by atoms with E-state index in [1.54, 1.807) is 18.2 Å². The van der Waals surface area contributed by atoms with Crippen LogP contribution in [-0.4, -0.2) is 18.9 Å². The van der Waals surface area contributed by atoms with Gasteiger partial charge in [0.25, 0.3) is 0 Å². The molecule has 0 spiro atoms. The molecule has 0 heterocycles. The average Bonchev–Trinajstić information content (AvgIpc) is 2.21. The highest BCUT2D eigenvalue weighted by Crippen LogP contribution is 2.23. The molecule has 0 saturated carbocycles. The van der Waals surface area contributed by atoms with Gasteiger partial charge < -0.3 is 5.32 Å². The van der Waals surface area contributed by atoms with E-state index in [1.807, 2.05) is 0 Å². The summed E-state index contributed by atoms with van der Waals surface area (Å²) < 4.78 is 49.6. The highest BCUT2D eigenvalue weighted by molar-refractivity contribution is 9.10. The van der Waals surface area contributed by atoms with E-state index in [-0.39, 0.29) is 6.54 Å². The number of halogens is 6. The predicted octanol–water partition coefficient (Wildman–Crippen LogP) is 4.09. The lowest BCUT2D eigenvalue weighted by Crippen LogP contribution is -2.38. The Morgan fingerprint density at radius 3 is 2.53 bits per heavy atom. The second kappa shape index (κ2) is 6.02. The van der Waals surface area contributed by atoms with Crippen LogP contribution < -0.4 is 5.32 Å². The standard InChI is InChI=1S/C10H9BrClF4N/c11-7-2-1-6(8(12)3-7)4-17-5-10(15,16)9(13)14/h1-3,9,17H,4-5H2. The van der Waals surface area contributed by atoms with Crippen molar-refractivity contribution in [3.05, 3.63) is 33.3 Å². The molecule has 1 aromatic rings. The Morgan fingerprint density at radius 1 is 1.35 bits per heavy atom. The number of hydrogen-bond acceptors (Lipinski definition) is 1. The molecule has 0 aliphatic rings. The molecular formula is C10H9BrClF4N.